The van der Waals surface area contributed by atoms with Crippen LogP contribution >= 0.6 is 0 Å². The van der Waals surface area contributed by atoms with Crippen molar-refractivity contribution < 1.29 is 19.2 Å². The molecule has 348 valence electrons. The molecule has 0 aliphatic heterocycles. The Morgan fingerprint density at radius 3 is 1.11 bits per heavy atom. The molecule has 0 aromatic carbocycles. The molecule has 4 aromatic rings. The number of carbonyl (C=O) groups excluding carboxylic acids is 4. The predicted octanol–water partition coefficient (Wildman–Crippen LogP) is 13.3. The van der Waals surface area contributed by atoms with Gasteiger partial charge < -0.3 is 21.3 Å². The summed E-state index contributed by atoms with van der Waals surface area (Å²) in [5.74, 6) is 1.76. The minimum atomic E-state index is -0.0417. The summed E-state index contributed by atoms with van der Waals surface area (Å²) in [6.45, 7) is 8.33. The highest BCUT2D eigenvalue weighted by atomic mass is 16.2. The second kappa shape index (κ2) is 30.0. The van der Waals surface area contributed by atoms with E-state index in [1.165, 1.54) is 38.5 Å². The van der Waals surface area contributed by atoms with E-state index in [9.17, 15) is 19.2 Å². The number of aromatic nitrogens is 4. The molecule has 12 heteroatoms. The molecule has 64 heavy (non-hydrogen) atoms. The summed E-state index contributed by atoms with van der Waals surface area (Å²) in [6, 6.07) is 14.7. The maximum absolute atomic E-state index is 12.7. The number of hydrogen-bond acceptors (Lipinski definition) is 8. The van der Waals surface area contributed by atoms with Crippen molar-refractivity contribution in [2.75, 3.05) is 21.3 Å². The SMILES string of the molecule is CCCCC(CC)C(=O)Nc1ccc2ccc(NC(=O)CCCCCCCC/C=C/CCCCCCCCC(=O)Nc3ccc4ccc(NC(=O)C(CC)CCCC)nc4n3)nc2n1. The van der Waals surface area contributed by atoms with E-state index in [1.807, 2.05) is 38.1 Å². The summed E-state index contributed by atoms with van der Waals surface area (Å²) >= 11 is 0. The number of nitrogens with zero attached hydrogens (tertiary/aromatic N) is 4. The third kappa shape index (κ3) is 19.2. The lowest BCUT2D eigenvalue weighted by Gasteiger charge is -2.14. The zero-order valence-electron chi connectivity index (χ0n) is 39.3. The van der Waals surface area contributed by atoms with E-state index in [4.69, 9.17) is 0 Å². The van der Waals surface area contributed by atoms with Gasteiger partial charge in [-0.3, -0.25) is 19.2 Å². The third-order valence-electron chi connectivity index (χ3n) is 11.9. The van der Waals surface area contributed by atoms with Crippen LogP contribution in [0.1, 0.15) is 182 Å². The van der Waals surface area contributed by atoms with Crippen molar-refractivity contribution in [3.05, 3.63) is 60.7 Å². The number of amides is 4. The van der Waals surface area contributed by atoms with Gasteiger partial charge in [0.05, 0.1) is 0 Å². The number of allylic oxidation sites excluding steroid dienone is 2. The first-order valence-electron chi connectivity index (χ1n) is 24.6. The predicted molar refractivity (Wildman–Crippen MR) is 263 cm³/mol. The second-order valence-electron chi connectivity index (χ2n) is 17.2. The van der Waals surface area contributed by atoms with Gasteiger partial charge in [-0.1, -0.05) is 117 Å². The number of rotatable bonds is 32. The first-order valence-corrected chi connectivity index (χ1v) is 24.6. The van der Waals surface area contributed by atoms with E-state index in [2.05, 4.69) is 67.2 Å². The Labute approximate surface area is 382 Å². The molecule has 4 heterocycles. The van der Waals surface area contributed by atoms with Crippen LogP contribution in [0.25, 0.3) is 22.1 Å². The highest BCUT2D eigenvalue weighted by Crippen LogP contribution is 2.22. The Bertz CT molecular complexity index is 1930. The van der Waals surface area contributed by atoms with Gasteiger partial charge in [0.15, 0.2) is 11.3 Å². The Morgan fingerprint density at radius 1 is 0.438 bits per heavy atom. The Kier molecular flexibility index (Phi) is 24.1. The van der Waals surface area contributed by atoms with Crippen LogP contribution in [0.2, 0.25) is 0 Å². The zero-order chi connectivity index (χ0) is 45.8. The van der Waals surface area contributed by atoms with E-state index in [0.29, 0.717) is 47.4 Å². The van der Waals surface area contributed by atoms with Crippen molar-refractivity contribution in [2.45, 2.75) is 182 Å². The number of anilines is 4. The largest absolute Gasteiger partial charge is 0.311 e. The first kappa shape index (κ1) is 51.4. The molecule has 4 aromatic heterocycles. The summed E-state index contributed by atoms with van der Waals surface area (Å²) in [7, 11) is 0. The second-order valence-corrected chi connectivity index (χ2v) is 17.2. The molecule has 0 aliphatic carbocycles. The molecule has 4 N–H and O–H groups in total. The normalized spacial score (nSPS) is 12.4. The summed E-state index contributed by atoms with van der Waals surface area (Å²) < 4.78 is 0. The van der Waals surface area contributed by atoms with Crippen LogP contribution in [-0.2, 0) is 19.2 Å². The highest BCUT2D eigenvalue weighted by molar-refractivity contribution is 5.95. The summed E-state index contributed by atoms with van der Waals surface area (Å²) in [5, 5.41) is 13.4. The highest BCUT2D eigenvalue weighted by Gasteiger charge is 2.18. The molecule has 0 fully saturated rings. The van der Waals surface area contributed by atoms with Crippen LogP contribution in [0.5, 0.6) is 0 Å². The first-order chi connectivity index (χ1) is 31.2. The number of pyridine rings is 4. The maximum atomic E-state index is 12.7. The number of unbranched alkanes of at least 4 members (excludes halogenated alkanes) is 14. The molecular formula is C52H76N8O4. The standard InChI is InChI=1S/C52H76N8O4/c1-5-9-27-39(7-3)51(63)59-45-37-33-41-31-35-43(55-49(41)57-45)53-47(61)29-25-23-21-19-17-15-13-11-12-14-16-18-20-22-24-26-30-48(62)54-44-36-32-42-34-38-46(58-50(42)56-44)60-52(64)40(8-4)28-10-6-2/h11-12,31-40H,5-10,13-30H2,1-4H3,(H2,53,55,57,59,61,63)(H2,54,56,58,60,62,64)/b12-11+. The number of fused-ring (bicyclic) bond motifs is 2. The van der Waals surface area contributed by atoms with Crippen LogP contribution in [0, 0.1) is 11.8 Å². The van der Waals surface area contributed by atoms with Gasteiger partial charge >= 0.3 is 0 Å². The molecule has 2 atom stereocenters. The van der Waals surface area contributed by atoms with Gasteiger partial charge in [-0.25, -0.2) is 19.9 Å². The lowest BCUT2D eigenvalue weighted by atomic mass is 9.98. The molecule has 0 saturated carbocycles. The van der Waals surface area contributed by atoms with Crippen LogP contribution in [0.3, 0.4) is 0 Å². The fourth-order valence-corrected chi connectivity index (χ4v) is 7.83. The fourth-order valence-electron chi connectivity index (χ4n) is 7.83. The molecule has 4 rings (SSSR count). The van der Waals surface area contributed by atoms with Crippen molar-refractivity contribution in [3.8, 4) is 0 Å². The van der Waals surface area contributed by atoms with Crippen molar-refractivity contribution in [2.24, 2.45) is 11.8 Å². The van der Waals surface area contributed by atoms with Crippen molar-refractivity contribution in [3.63, 3.8) is 0 Å². The van der Waals surface area contributed by atoms with Crippen LogP contribution in [0.15, 0.2) is 60.7 Å². The van der Waals surface area contributed by atoms with E-state index >= 15 is 0 Å². The van der Waals surface area contributed by atoms with Crippen molar-refractivity contribution >= 4 is 69.0 Å². The lowest BCUT2D eigenvalue weighted by molar-refractivity contribution is -0.121. The van der Waals surface area contributed by atoms with Crippen molar-refractivity contribution in [1.82, 2.24) is 19.9 Å². The quantitative estimate of drug-likeness (QED) is 0.0278. The Morgan fingerprint density at radius 2 is 0.766 bits per heavy atom. The monoisotopic (exact) mass is 877 g/mol. The van der Waals surface area contributed by atoms with Gasteiger partial charge in [-0.15, -0.1) is 0 Å². The summed E-state index contributed by atoms with van der Waals surface area (Å²) in [4.78, 5) is 68.9. The lowest BCUT2D eigenvalue weighted by Crippen LogP contribution is -2.22. The number of nitrogens with one attached hydrogen (secondary N) is 4. The van der Waals surface area contributed by atoms with E-state index in [1.54, 1.807) is 24.3 Å². The zero-order valence-corrected chi connectivity index (χ0v) is 39.3. The van der Waals surface area contributed by atoms with Crippen LogP contribution in [0.4, 0.5) is 23.3 Å². The van der Waals surface area contributed by atoms with Crippen LogP contribution < -0.4 is 21.3 Å². The molecule has 0 bridgehead atoms. The molecule has 0 radical (unpaired) electrons. The number of carbonyl (C=O) groups is 4. The Hall–Kier alpha value is -5.26. The average Bonchev–Trinajstić information content (AvgIpc) is 3.28. The molecular weight excluding hydrogens is 801 g/mol. The van der Waals surface area contributed by atoms with Gasteiger partial charge in [-0.05, 0) is 113 Å². The fraction of sp³-hybridized carbons (Fsp3) is 0.577. The minimum Gasteiger partial charge on any atom is -0.311 e. The molecule has 0 aliphatic rings. The molecule has 0 spiro atoms. The smallest absolute Gasteiger partial charge is 0.228 e. The van der Waals surface area contributed by atoms with Gasteiger partial charge in [0.2, 0.25) is 23.6 Å². The van der Waals surface area contributed by atoms with E-state index in [-0.39, 0.29) is 35.5 Å². The van der Waals surface area contributed by atoms with E-state index in [0.717, 1.165) is 114 Å². The molecule has 12 nitrogen and oxygen atoms in total. The van der Waals surface area contributed by atoms with Gasteiger partial charge in [-0.2, -0.15) is 0 Å². The third-order valence-corrected chi connectivity index (χ3v) is 11.9. The van der Waals surface area contributed by atoms with E-state index < -0.39 is 0 Å². The molecule has 4 amide bonds. The topological polar surface area (TPSA) is 168 Å². The van der Waals surface area contributed by atoms with Crippen molar-refractivity contribution in [1.29, 1.82) is 0 Å². The average molecular weight is 877 g/mol. The van der Waals surface area contributed by atoms with Crippen LogP contribution in [-0.4, -0.2) is 43.6 Å². The summed E-state index contributed by atoms with van der Waals surface area (Å²) in [6.07, 6.45) is 28.5. The van der Waals surface area contributed by atoms with Gasteiger partial charge in [0, 0.05) is 35.4 Å². The van der Waals surface area contributed by atoms with Gasteiger partial charge in [0.25, 0.3) is 0 Å². The van der Waals surface area contributed by atoms with Gasteiger partial charge in [0.1, 0.15) is 23.3 Å². The molecule has 2 unspecified atom stereocenters. The summed E-state index contributed by atoms with van der Waals surface area (Å²) in [5.41, 5.74) is 0.988. The molecule has 0 saturated heterocycles. The maximum Gasteiger partial charge on any atom is 0.228 e. The Balaban J connectivity index is 0.966. The minimum absolute atomic E-state index is 0.00748. The number of hydrogen-bond donors (Lipinski definition) is 4.